The third kappa shape index (κ3) is 1.82. The largest absolute Gasteiger partial charge is 0.489 e. The smallest absolute Gasteiger partial charge is 0.338 e. The molecule has 1 saturated carbocycles. The summed E-state index contributed by atoms with van der Waals surface area (Å²) in [4.78, 5) is 11.5. The van der Waals surface area contributed by atoms with Crippen molar-refractivity contribution in [3.63, 3.8) is 0 Å². The first kappa shape index (κ1) is 12.2. The van der Waals surface area contributed by atoms with Crippen LogP contribution in [0.15, 0.2) is 18.2 Å². The van der Waals surface area contributed by atoms with E-state index in [0.29, 0.717) is 17.6 Å². The van der Waals surface area contributed by atoms with Gasteiger partial charge in [-0.1, -0.05) is 6.42 Å². The van der Waals surface area contributed by atoms with Crippen molar-refractivity contribution in [3.8, 4) is 5.75 Å². The molecular formula is C16H19NO3. The number of carbonyl (C=O) groups is 1. The molecule has 1 aromatic carbocycles. The molecule has 1 aromatic rings. The van der Waals surface area contributed by atoms with Gasteiger partial charge in [0.15, 0.2) is 0 Å². The summed E-state index contributed by atoms with van der Waals surface area (Å²) < 4.78 is 11.3. The maximum Gasteiger partial charge on any atom is 0.338 e. The fourth-order valence-corrected chi connectivity index (χ4v) is 3.66. The van der Waals surface area contributed by atoms with Crippen LogP contribution in [-0.2, 0) is 11.3 Å². The lowest BCUT2D eigenvalue weighted by Gasteiger charge is -2.50. The molecule has 1 saturated heterocycles. The predicted molar refractivity (Wildman–Crippen MR) is 73.7 cm³/mol. The van der Waals surface area contributed by atoms with E-state index in [2.05, 4.69) is 5.32 Å². The lowest BCUT2D eigenvalue weighted by Crippen LogP contribution is -2.55. The van der Waals surface area contributed by atoms with Crippen LogP contribution >= 0.6 is 0 Å². The molecule has 106 valence electrons. The number of hydrogen-bond acceptors (Lipinski definition) is 4. The molecule has 1 aliphatic carbocycles. The molecule has 0 amide bonds. The molecule has 20 heavy (non-hydrogen) atoms. The normalized spacial score (nSPS) is 26.8. The molecule has 1 atom stereocenters. The number of ether oxygens (including phenoxy) is 2. The number of nitrogens with one attached hydrogen (secondary N) is 1. The van der Waals surface area contributed by atoms with Gasteiger partial charge in [-0.3, -0.25) is 0 Å². The lowest BCUT2D eigenvalue weighted by molar-refractivity contribution is -0.0403. The highest BCUT2D eigenvalue weighted by atomic mass is 16.5. The molecule has 0 aromatic heterocycles. The van der Waals surface area contributed by atoms with Crippen molar-refractivity contribution >= 4 is 5.97 Å². The van der Waals surface area contributed by atoms with Gasteiger partial charge in [0.25, 0.3) is 0 Å². The van der Waals surface area contributed by atoms with E-state index in [0.717, 1.165) is 24.4 Å². The zero-order valence-electron chi connectivity index (χ0n) is 11.5. The molecule has 2 fully saturated rings. The second-order valence-electron chi connectivity index (χ2n) is 6.17. The van der Waals surface area contributed by atoms with Crippen molar-refractivity contribution < 1.29 is 14.3 Å². The number of piperidine rings is 1. The molecule has 0 bridgehead atoms. The third-order valence-corrected chi connectivity index (χ3v) is 5.10. The zero-order valence-corrected chi connectivity index (χ0v) is 11.5. The highest BCUT2D eigenvalue weighted by Gasteiger charge is 2.46. The van der Waals surface area contributed by atoms with Crippen LogP contribution in [-0.4, -0.2) is 25.2 Å². The topological polar surface area (TPSA) is 47.6 Å². The zero-order chi connectivity index (χ0) is 13.6. The molecular weight excluding hydrogens is 254 g/mol. The van der Waals surface area contributed by atoms with Gasteiger partial charge in [0, 0.05) is 17.5 Å². The van der Waals surface area contributed by atoms with E-state index in [1.807, 2.05) is 18.2 Å². The number of hydrogen-bond donors (Lipinski definition) is 1. The summed E-state index contributed by atoms with van der Waals surface area (Å²) in [5, 5.41) is 3.43. The van der Waals surface area contributed by atoms with Crippen molar-refractivity contribution in [2.45, 2.75) is 38.4 Å². The number of rotatable bonds is 2. The minimum absolute atomic E-state index is 0.221. The average Bonchev–Trinajstić information content (AvgIpc) is 2.79. The summed E-state index contributed by atoms with van der Waals surface area (Å²) in [6.45, 7) is 2.40. The summed E-state index contributed by atoms with van der Waals surface area (Å²) >= 11 is 0. The standard InChI is InChI=1S/C16H19NO3/c18-15-13-3-2-12(8-11(13)10-19-15)20-14-9-17-7-6-16(14)4-1-5-16/h2-3,8,14,17H,1,4-7,9-10H2/t14-/m1/s1. The van der Waals surface area contributed by atoms with Gasteiger partial charge in [0.2, 0.25) is 0 Å². The van der Waals surface area contributed by atoms with Crippen molar-refractivity contribution in [1.29, 1.82) is 0 Å². The van der Waals surface area contributed by atoms with Crippen LogP contribution in [0.2, 0.25) is 0 Å². The van der Waals surface area contributed by atoms with Crippen molar-refractivity contribution in [1.82, 2.24) is 5.32 Å². The molecule has 1 spiro atoms. The summed E-state index contributed by atoms with van der Waals surface area (Å²) in [6, 6.07) is 5.68. The Labute approximate surface area is 118 Å². The molecule has 0 radical (unpaired) electrons. The molecule has 2 heterocycles. The van der Waals surface area contributed by atoms with E-state index < -0.39 is 0 Å². The maximum atomic E-state index is 11.5. The van der Waals surface area contributed by atoms with Gasteiger partial charge in [0.1, 0.15) is 18.5 Å². The van der Waals surface area contributed by atoms with Gasteiger partial charge in [-0.15, -0.1) is 0 Å². The molecule has 4 heteroatoms. The molecule has 4 nitrogen and oxygen atoms in total. The number of cyclic esters (lactones) is 1. The number of esters is 1. The molecule has 4 rings (SSSR count). The van der Waals surface area contributed by atoms with Crippen molar-refractivity contribution in [2.75, 3.05) is 13.1 Å². The number of carbonyl (C=O) groups excluding carboxylic acids is 1. The highest BCUT2D eigenvalue weighted by Crippen LogP contribution is 2.49. The Balaban J connectivity index is 1.55. The van der Waals surface area contributed by atoms with Crippen LogP contribution in [0.1, 0.15) is 41.6 Å². The molecule has 3 aliphatic rings. The Bertz CT molecular complexity index is 551. The predicted octanol–water partition coefficient (Wildman–Crippen LogP) is 2.27. The quantitative estimate of drug-likeness (QED) is 0.840. The second kappa shape index (κ2) is 4.48. The highest BCUT2D eigenvalue weighted by molar-refractivity contribution is 5.93. The molecule has 1 N–H and O–H groups in total. The first-order chi connectivity index (χ1) is 9.77. The first-order valence-electron chi connectivity index (χ1n) is 7.44. The van der Waals surface area contributed by atoms with E-state index in [1.54, 1.807) is 0 Å². The second-order valence-corrected chi connectivity index (χ2v) is 6.17. The Morgan fingerprint density at radius 3 is 3.00 bits per heavy atom. The van der Waals surface area contributed by atoms with Crippen LogP contribution < -0.4 is 10.1 Å². The maximum absolute atomic E-state index is 11.5. The van der Waals surface area contributed by atoms with Crippen LogP contribution in [0.3, 0.4) is 0 Å². The Morgan fingerprint density at radius 2 is 2.20 bits per heavy atom. The third-order valence-electron chi connectivity index (χ3n) is 5.10. The molecule has 0 unspecified atom stereocenters. The van der Waals surface area contributed by atoms with Crippen LogP contribution in [0.25, 0.3) is 0 Å². The van der Waals surface area contributed by atoms with Gasteiger partial charge in [-0.25, -0.2) is 4.79 Å². The van der Waals surface area contributed by atoms with E-state index in [1.165, 1.54) is 25.7 Å². The summed E-state index contributed by atoms with van der Waals surface area (Å²) in [6.07, 6.45) is 5.36. The molecule has 2 aliphatic heterocycles. The van der Waals surface area contributed by atoms with Crippen molar-refractivity contribution in [2.24, 2.45) is 5.41 Å². The number of fused-ring (bicyclic) bond motifs is 1. The van der Waals surface area contributed by atoms with E-state index in [4.69, 9.17) is 9.47 Å². The van der Waals surface area contributed by atoms with Crippen LogP contribution in [0, 0.1) is 5.41 Å². The Morgan fingerprint density at radius 1 is 1.30 bits per heavy atom. The summed E-state index contributed by atoms with van der Waals surface area (Å²) in [5.41, 5.74) is 2.01. The Hall–Kier alpha value is -1.55. The first-order valence-corrected chi connectivity index (χ1v) is 7.44. The SMILES string of the molecule is O=C1OCc2cc(O[C@@H]3CNCCC34CCC4)ccc21. The van der Waals surface area contributed by atoms with E-state index >= 15 is 0 Å². The van der Waals surface area contributed by atoms with Gasteiger partial charge >= 0.3 is 5.97 Å². The minimum atomic E-state index is -0.221. The summed E-state index contributed by atoms with van der Waals surface area (Å²) in [5.74, 6) is 0.642. The van der Waals surface area contributed by atoms with Gasteiger partial charge in [0.05, 0.1) is 5.56 Å². The number of benzene rings is 1. The summed E-state index contributed by atoms with van der Waals surface area (Å²) in [7, 11) is 0. The van der Waals surface area contributed by atoms with E-state index in [-0.39, 0.29) is 12.1 Å². The average molecular weight is 273 g/mol. The van der Waals surface area contributed by atoms with Gasteiger partial charge < -0.3 is 14.8 Å². The lowest BCUT2D eigenvalue weighted by atomic mass is 9.62. The minimum Gasteiger partial charge on any atom is -0.489 e. The monoisotopic (exact) mass is 273 g/mol. The van der Waals surface area contributed by atoms with E-state index in [9.17, 15) is 4.79 Å². The van der Waals surface area contributed by atoms with Crippen LogP contribution in [0.4, 0.5) is 0 Å². The Kier molecular flexibility index (Phi) is 2.74. The van der Waals surface area contributed by atoms with Crippen molar-refractivity contribution in [3.05, 3.63) is 29.3 Å². The fourth-order valence-electron chi connectivity index (χ4n) is 3.66. The van der Waals surface area contributed by atoms with Crippen LogP contribution in [0.5, 0.6) is 5.75 Å². The fraction of sp³-hybridized carbons (Fsp3) is 0.562. The van der Waals surface area contributed by atoms with Gasteiger partial charge in [-0.05, 0) is 44.0 Å². The van der Waals surface area contributed by atoms with Gasteiger partial charge in [-0.2, -0.15) is 0 Å².